The van der Waals surface area contributed by atoms with Gasteiger partial charge in [0.2, 0.25) is 0 Å². The van der Waals surface area contributed by atoms with E-state index in [4.69, 9.17) is 8.85 Å². The molecule has 1 aliphatic rings. The molecule has 0 saturated heterocycles. The van der Waals surface area contributed by atoms with Crippen LogP contribution in [-0.4, -0.2) is 23.5 Å². The maximum Gasteiger partial charge on any atom is 0.324 e. The molecule has 0 amide bonds. The van der Waals surface area contributed by atoms with Crippen molar-refractivity contribution in [2.75, 3.05) is 14.2 Å². The fourth-order valence-corrected chi connectivity index (χ4v) is 6.12. The topological polar surface area (TPSA) is 18.5 Å². The Balaban J connectivity index is 2.20. The van der Waals surface area contributed by atoms with Crippen LogP contribution in [0.1, 0.15) is 50.5 Å². The largest absolute Gasteiger partial charge is 0.400 e. The molecule has 1 aliphatic carbocycles. The first-order chi connectivity index (χ1) is 9.77. The Kier molecular flexibility index (Phi) is 6.27. The van der Waals surface area contributed by atoms with Gasteiger partial charge in [0.05, 0.1) is 0 Å². The molecule has 1 saturated carbocycles. The Labute approximate surface area is 125 Å². The first-order valence-electron chi connectivity index (χ1n) is 7.88. The molecule has 1 fully saturated rings. The molecule has 2 unspecified atom stereocenters. The second-order valence-electron chi connectivity index (χ2n) is 6.01. The van der Waals surface area contributed by atoms with Crippen LogP contribution in [0, 0.1) is 5.92 Å². The van der Waals surface area contributed by atoms with Crippen molar-refractivity contribution in [2.45, 2.75) is 50.5 Å². The van der Waals surface area contributed by atoms with Crippen LogP contribution in [0.3, 0.4) is 0 Å². The Morgan fingerprint density at radius 3 is 2.15 bits per heavy atom. The van der Waals surface area contributed by atoms with Gasteiger partial charge in [-0.2, -0.15) is 0 Å². The van der Waals surface area contributed by atoms with Crippen molar-refractivity contribution in [3.8, 4) is 0 Å². The van der Waals surface area contributed by atoms with E-state index in [1.165, 1.54) is 37.7 Å². The molecular weight excluding hydrogens is 264 g/mol. The molecule has 20 heavy (non-hydrogen) atoms. The smallest absolute Gasteiger partial charge is 0.324 e. The maximum absolute atomic E-state index is 5.77. The summed E-state index contributed by atoms with van der Waals surface area (Å²) in [5.41, 5.74) is 2.00. The Hall–Kier alpha value is -0.643. The molecule has 2 atom stereocenters. The van der Waals surface area contributed by atoms with E-state index in [0.717, 1.165) is 5.92 Å². The highest BCUT2D eigenvalue weighted by Crippen LogP contribution is 2.44. The van der Waals surface area contributed by atoms with Crippen molar-refractivity contribution in [1.29, 1.82) is 0 Å². The average molecular weight is 292 g/mol. The van der Waals surface area contributed by atoms with Gasteiger partial charge >= 0.3 is 9.28 Å². The second-order valence-corrected chi connectivity index (χ2v) is 8.46. The third kappa shape index (κ3) is 3.71. The van der Waals surface area contributed by atoms with E-state index >= 15 is 0 Å². The summed E-state index contributed by atoms with van der Waals surface area (Å²) in [4.78, 5) is 0. The lowest BCUT2D eigenvalue weighted by Gasteiger charge is -2.37. The molecular formula is C17H28O2Si. The van der Waals surface area contributed by atoms with Crippen LogP contribution in [0.15, 0.2) is 30.3 Å². The van der Waals surface area contributed by atoms with E-state index in [0.29, 0.717) is 11.5 Å². The molecule has 0 bridgehead atoms. The van der Waals surface area contributed by atoms with E-state index < -0.39 is 9.28 Å². The average Bonchev–Trinajstić information content (AvgIpc) is 2.53. The summed E-state index contributed by atoms with van der Waals surface area (Å²) in [5.74, 6) is 1.30. The minimum atomic E-state index is -1.61. The molecule has 112 valence electrons. The number of benzene rings is 1. The fourth-order valence-electron chi connectivity index (χ4n) is 3.77. The SMILES string of the molecule is CO[SiH](OC)C(C1CCCCC1)C(C)c1ccccc1. The lowest BCUT2D eigenvalue weighted by molar-refractivity contribution is 0.220. The lowest BCUT2D eigenvalue weighted by atomic mass is 9.80. The minimum absolute atomic E-state index is 0.524. The van der Waals surface area contributed by atoms with Gasteiger partial charge in [0.25, 0.3) is 0 Å². The number of hydrogen-bond acceptors (Lipinski definition) is 2. The quantitative estimate of drug-likeness (QED) is 0.730. The molecule has 1 aromatic rings. The first kappa shape index (κ1) is 15.7. The normalized spacial score (nSPS) is 20.0. The molecule has 1 aromatic carbocycles. The highest BCUT2D eigenvalue weighted by atomic mass is 28.3. The molecule has 2 nitrogen and oxygen atoms in total. The predicted molar refractivity (Wildman–Crippen MR) is 86.3 cm³/mol. The zero-order valence-electron chi connectivity index (χ0n) is 13.0. The third-order valence-electron chi connectivity index (χ3n) is 4.88. The molecule has 0 spiro atoms. The van der Waals surface area contributed by atoms with Crippen LogP contribution in [0.25, 0.3) is 0 Å². The summed E-state index contributed by atoms with van der Waals surface area (Å²) >= 11 is 0. The lowest BCUT2D eigenvalue weighted by Crippen LogP contribution is -2.35. The summed E-state index contributed by atoms with van der Waals surface area (Å²) in [6, 6.07) is 10.9. The molecule has 3 heteroatoms. The van der Waals surface area contributed by atoms with Gasteiger partial charge in [0.1, 0.15) is 0 Å². The van der Waals surface area contributed by atoms with E-state index in [9.17, 15) is 0 Å². The summed E-state index contributed by atoms with van der Waals surface area (Å²) < 4.78 is 11.5. The van der Waals surface area contributed by atoms with E-state index in [1.807, 2.05) is 14.2 Å². The van der Waals surface area contributed by atoms with E-state index in [-0.39, 0.29) is 0 Å². The van der Waals surface area contributed by atoms with Gasteiger partial charge in [0, 0.05) is 19.8 Å². The first-order valence-corrected chi connectivity index (χ1v) is 9.49. The van der Waals surface area contributed by atoms with Gasteiger partial charge in [0.15, 0.2) is 0 Å². The fraction of sp³-hybridized carbons (Fsp3) is 0.647. The van der Waals surface area contributed by atoms with Gasteiger partial charge in [-0.15, -0.1) is 0 Å². The van der Waals surface area contributed by atoms with Gasteiger partial charge in [-0.05, 0) is 17.4 Å². The van der Waals surface area contributed by atoms with Gasteiger partial charge in [-0.3, -0.25) is 0 Å². The summed E-state index contributed by atoms with van der Waals surface area (Å²) in [5, 5.41) is 0. The summed E-state index contributed by atoms with van der Waals surface area (Å²) in [6.07, 6.45) is 6.83. The van der Waals surface area contributed by atoms with Crippen molar-refractivity contribution < 1.29 is 8.85 Å². The number of rotatable bonds is 6. The Bertz CT molecular complexity index is 372. The minimum Gasteiger partial charge on any atom is -0.400 e. The van der Waals surface area contributed by atoms with E-state index in [1.54, 1.807) is 0 Å². The van der Waals surface area contributed by atoms with Crippen LogP contribution in [0.5, 0.6) is 0 Å². The summed E-state index contributed by atoms with van der Waals surface area (Å²) in [7, 11) is 2.05. The zero-order chi connectivity index (χ0) is 14.4. The van der Waals surface area contributed by atoms with Gasteiger partial charge in [-0.25, -0.2) is 0 Å². The van der Waals surface area contributed by atoms with Crippen molar-refractivity contribution in [3.63, 3.8) is 0 Å². The Morgan fingerprint density at radius 2 is 1.60 bits per heavy atom. The second kappa shape index (κ2) is 7.96. The van der Waals surface area contributed by atoms with Crippen molar-refractivity contribution in [2.24, 2.45) is 5.92 Å². The molecule has 2 rings (SSSR count). The van der Waals surface area contributed by atoms with Gasteiger partial charge in [-0.1, -0.05) is 69.4 Å². The maximum atomic E-state index is 5.77. The monoisotopic (exact) mass is 292 g/mol. The van der Waals surface area contributed by atoms with Crippen molar-refractivity contribution in [3.05, 3.63) is 35.9 Å². The Morgan fingerprint density at radius 1 is 1.00 bits per heavy atom. The highest BCUT2D eigenvalue weighted by Gasteiger charge is 2.37. The van der Waals surface area contributed by atoms with Crippen LogP contribution >= 0.6 is 0 Å². The van der Waals surface area contributed by atoms with Crippen molar-refractivity contribution in [1.82, 2.24) is 0 Å². The zero-order valence-corrected chi connectivity index (χ0v) is 14.2. The van der Waals surface area contributed by atoms with Gasteiger partial charge < -0.3 is 8.85 Å². The van der Waals surface area contributed by atoms with Crippen LogP contribution in [-0.2, 0) is 8.85 Å². The molecule has 0 aromatic heterocycles. The van der Waals surface area contributed by atoms with Crippen molar-refractivity contribution >= 4 is 9.28 Å². The highest BCUT2D eigenvalue weighted by molar-refractivity contribution is 6.46. The standard InChI is InChI=1S/C17H28O2Si/c1-14(15-10-6-4-7-11-15)17(20(18-2)19-3)16-12-8-5-9-13-16/h4,6-7,10-11,14,16-17,20H,5,8-9,12-13H2,1-3H3. The predicted octanol–water partition coefficient (Wildman–Crippen LogP) is 4.25. The third-order valence-corrected chi connectivity index (χ3v) is 7.56. The summed E-state index contributed by atoms with van der Waals surface area (Å²) in [6.45, 7) is 2.35. The molecule has 0 radical (unpaired) electrons. The van der Waals surface area contributed by atoms with Crippen LogP contribution in [0.4, 0.5) is 0 Å². The van der Waals surface area contributed by atoms with Crippen LogP contribution in [0.2, 0.25) is 5.54 Å². The molecule has 0 N–H and O–H groups in total. The van der Waals surface area contributed by atoms with E-state index in [2.05, 4.69) is 37.3 Å². The molecule has 0 aliphatic heterocycles. The molecule has 0 heterocycles. The number of hydrogen-bond donors (Lipinski definition) is 0. The van der Waals surface area contributed by atoms with Crippen LogP contribution < -0.4 is 0 Å².